The van der Waals surface area contributed by atoms with Crippen LogP contribution in [0.4, 0.5) is 0 Å². The molecule has 0 bridgehead atoms. The molecule has 6 nitrogen and oxygen atoms in total. The highest BCUT2D eigenvalue weighted by molar-refractivity contribution is 6.49. The number of amides is 2. The van der Waals surface area contributed by atoms with Crippen LogP contribution in [0.15, 0.2) is 12.1 Å². The summed E-state index contributed by atoms with van der Waals surface area (Å²) in [6.07, 6.45) is 0.385. The van der Waals surface area contributed by atoms with Crippen LogP contribution < -0.4 is 10.6 Å². The van der Waals surface area contributed by atoms with Gasteiger partial charge in [-0.1, -0.05) is 48.7 Å². The van der Waals surface area contributed by atoms with Crippen molar-refractivity contribution in [2.45, 2.75) is 26.2 Å². The van der Waals surface area contributed by atoms with Crippen LogP contribution in [-0.4, -0.2) is 41.5 Å². The molecule has 0 unspecified atom stereocenters. The molecule has 132 valence electrons. The van der Waals surface area contributed by atoms with Crippen LogP contribution in [0.5, 0.6) is 0 Å². The molecule has 0 saturated heterocycles. The second kappa shape index (κ2) is 9.49. The first-order valence-corrected chi connectivity index (χ1v) is 8.34. The predicted octanol–water partition coefficient (Wildman–Crippen LogP) is 1.92. The molecule has 1 aromatic rings. The molecule has 0 heterocycles. The average Bonchev–Trinajstić information content (AvgIpc) is 2.49. The van der Waals surface area contributed by atoms with Gasteiger partial charge in [-0.15, -0.1) is 0 Å². The third-order valence-electron chi connectivity index (χ3n) is 3.12. The first-order chi connectivity index (χ1) is 11.1. The highest BCUT2D eigenvalue weighted by Crippen LogP contribution is 2.32. The van der Waals surface area contributed by atoms with Gasteiger partial charge >= 0.3 is 7.12 Å². The van der Waals surface area contributed by atoms with E-state index in [-0.39, 0.29) is 33.1 Å². The number of hydrogen-bond donors (Lipinski definition) is 4. The van der Waals surface area contributed by atoms with Crippen LogP contribution in [0.1, 0.15) is 30.6 Å². The third kappa shape index (κ3) is 6.14. The second-order valence-electron chi connectivity index (χ2n) is 5.62. The first-order valence-electron chi connectivity index (χ1n) is 7.20. The minimum atomic E-state index is -1.68. The summed E-state index contributed by atoms with van der Waals surface area (Å²) in [4.78, 5) is 23.9. The Morgan fingerprint density at radius 1 is 1.17 bits per heavy atom. The van der Waals surface area contributed by atoms with E-state index in [1.807, 2.05) is 13.8 Å². The molecular formula is C14H18BCl3N2O4. The van der Waals surface area contributed by atoms with Crippen molar-refractivity contribution in [1.82, 2.24) is 10.6 Å². The lowest BCUT2D eigenvalue weighted by Gasteiger charge is -2.19. The topological polar surface area (TPSA) is 98.7 Å². The normalized spacial score (nSPS) is 12.0. The molecule has 0 spiro atoms. The molecule has 0 radical (unpaired) electrons. The summed E-state index contributed by atoms with van der Waals surface area (Å²) in [6.45, 7) is 3.42. The Hall–Kier alpha value is -0.985. The van der Waals surface area contributed by atoms with Crippen LogP contribution in [0.3, 0.4) is 0 Å². The van der Waals surface area contributed by atoms with Crippen LogP contribution in [0.2, 0.25) is 15.1 Å². The maximum Gasteiger partial charge on any atom is 0.475 e. The highest BCUT2D eigenvalue weighted by Gasteiger charge is 2.26. The number of nitrogens with one attached hydrogen (secondary N) is 2. The molecule has 4 N–H and O–H groups in total. The summed E-state index contributed by atoms with van der Waals surface area (Å²) in [5.41, 5.74) is 0.0831. The Morgan fingerprint density at radius 3 is 2.33 bits per heavy atom. The monoisotopic (exact) mass is 394 g/mol. The van der Waals surface area contributed by atoms with Crippen molar-refractivity contribution >= 4 is 53.7 Å². The molecule has 24 heavy (non-hydrogen) atoms. The average molecular weight is 395 g/mol. The summed E-state index contributed by atoms with van der Waals surface area (Å²) in [7, 11) is -1.68. The van der Waals surface area contributed by atoms with Gasteiger partial charge in [-0.3, -0.25) is 9.59 Å². The van der Waals surface area contributed by atoms with Crippen LogP contribution in [0, 0.1) is 5.92 Å². The third-order valence-corrected chi connectivity index (χ3v) is 4.41. The minimum absolute atomic E-state index is 0.00876. The molecule has 0 aliphatic carbocycles. The van der Waals surface area contributed by atoms with Gasteiger partial charge in [0.2, 0.25) is 5.91 Å². The number of benzene rings is 1. The number of carbonyl (C=O) groups excluding carboxylic acids is 2. The number of hydrogen-bond acceptors (Lipinski definition) is 4. The Balaban J connectivity index is 2.64. The van der Waals surface area contributed by atoms with Crippen LogP contribution in [0.25, 0.3) is 0 Å². The summed E-state index contributed by atoms with van der Waals surface area (Å²) in [6, 6.07) is 2.81. The molecular weight excluding hydrogens is 377 g/mol. The standard InChI is InChI=1S/C14H18BCl3N2O4/c1-7(2)5-10(15(23)24)20-11(21)6-19-14(22)8-3-4-9(16)13(18)12(8)17/h3-4,7,10,23-24H,5-6H2,1-2H3,(H,19,22)(H,20,21)/t10-/m0/s1. The molecule has 0 aliphatic heterocycles. The van der Waals surface area contributed by atoms with E-state index < -0.39 is 24.9 Å². The maximum absolute atomic E-state index is 12.1. The van der Waals surface area contributed by atoms with Gasteiger partial charge in [-0.2, -0.15) is 0 Å². The smallest absolute Gasteiger partial charge is 0.426 e. The molecule has 2 amide bonds. The summed E-state index contributed by atoms with van der Waals surface area (Å²) >= 11 is 17.6. The largest absolute Gasteiger partial charge is 0.475 e. The van der Waals surface area contributed by atoms with E-state index in [1.54, 1.807) is 0 Å². The fraction of sp³-hybridized carbons (Fsp3) is 0.429. The van der Waals surface area contributed by atoms with E-state index in [9.17, 15) is 19.6 Å². The predicted molar refractivity (Wildman–Crippen MR) is 95.4 cm³/mol. The Morgan fingerprint density at radius 2 is 1.79 bits per heavy atom. The van der Waals surface area contributed by atoms with E-state index in [0.717, 1.165) is 0 Å². The van der Waals surface area contributed by atoms with Gasteiger partial charge in [-0.25, -0.2) is 0 Å². The van der Waals surface area contributed by atoms with Crippen molar-refractivity contribution in [2.75, 3.05) is 6.54 Å². The summed E-state index contributed by atoms with van der Waals surface area (Å²) in [5, 5.41) is 23.6. The first kappa shape index (κ1) is 21.1. The van der Waals surface area contributed by atoms with Gasteiger partial charge in [0.25, 0.3) is 5.91 Å². The van der Waals surface area contributed by atoms with Crippen molar-refractivity contribution in [3.63, 3.8) is 0 Å². The number of halogens is 3. The number of rotatable bonds is 7. The minimum Gasteiger partial charge on any atom is -0.426 e. The fourth-order valence-corrected chi connectivity index (χ4v) is 2.60. The van der Waals surface area contributed by atoms with E-state index >= 15 is 0 Å². The molecule has 0 saturated carbocycles. The zero-order valence-electron chi connectivity index (χ0n) is 13.1. The van der Waals surface area contributed by atoms with Gasteiger partial charge in [0, 0.05) is 0 Å². The zero-order valence-corrected chi connectivity index (χ0v) is 15.4. The highest BCUT2D eigenvalue weighted by atomic mass is 35.5. The van der Waals surface area contributed by atoms with Gasteiger partial charge in [0.15, 0.2) is 0 Å². The Bertz CT molecular complexity index is 614. The fourth-order valence-electron chi connectivity index (χ4n) is 1.98. The van der Waals surface area contributed by atoms with Crippen LogP contribution in [-0.2, 0) is 4.79 Å². The van der Waals surface area contributed by atoms with Crippen molar-refractivity contribution in [1.29, 1.82) is 0 Å². The zero-order chi connectivity index (χ0) is 18.4. The molecule has 1 rings (SSSR count). The SMILES string of the molecule is CC(C)C[C@H](NC(=O)CNC(=O)c1ccc(Cl)c(Cl)c1Cl)B(O)O. The molecule has 1 atom stereocenters. The lowest BCUT2D eigenvalue weighted by molar-refractivity contribution is -0.120. The molecule has 1 aromatic carbocycles. The van der Waals surface area contributed by atoms with Crippen LogP contribution >= 0.6 is 34.8 Å². The maximum atomic E-state index is 12.1. The van der Waals surface area contributed by atoms with Crippen molar-refractivity contribution in [3.05, 3.63) is 32.8 Å². The van der Waals surface area contributed by atoms with E-state index in [4.69, 9.17) is 34.8 Å². The van der Waals surface area contributed by atoms with Gasteiger partial charge < -0.3 is 20.7 Å². The van der Waals surface area contributed by atoms with Gasteiger partial charge in [0.1, 0.15) is 0 Å². The van der Waals surface area contributed by atoms with E-state index in [0.29, 0.717) is 6.42 Å². The summed E-state index contributed by atoms with van der Waals surface area (Å²) in [5.74, 6) is -1.82. The molecule has 0 fully saturated rings. The van der Waals surface area contributed by atoms with E-state index in [2.05, 4.69) is 10.6 Å². The van der Waals surface area contributed by atoms with Crippen molar-refractivity contribution in [2.24, 2.45) is 5.92 Å². The lowest BCUT2D eigenvalue weighted by atomic mass is 9.75. The van der Waals surface area contributed by atoms with Gasteiger partial charge in [0.05, 0.1) is 33.1 Å². The number of carbonyl (C=O) groups is 2. The second-order valence-corrected chi connectivity index (χ2v) is 6.79. The lowest BCUT2D eigenvalue weighted by Crippen LogP contribution is -2.50. The summed E-state index contributed by atoms with van der Waals surface area (Å²) < 4.78 is 0. The van der Waals surface area contributed by atoms with Gasteiger partial charge in [-0.05, 0) is 24.5 Å². The van der Waals surface area contributed by atoms with E-state index in [1.165, 1.54) is 12.1 Å². The molecule has 0 aliphatic rings. The van der Waals surface area contributed by atoms with Crippen molar-refractivity contribution in [3.8, 4) is 0 Å². The quantitative estimate of drug-likeness (QED) is 0.419. The molecule has 10 heteroatoms. The van der Waals surface area contributed by atoms with Crippen molar-refractivity contribution < 1.29 is 19.6 Å². The Labute approximate surface area is 155 Å². The molecule has 0 aromatic heterocycles. The Kier molecular flexibility index (Phi) is 8.32.